The lowest BCUT2D eigenvalue weighted by Gasteiger charge is -2.31. The maximum Gasteiger partial charge on any atom is 0.343 e. The van der Waals surface area contributed by atoms with E-state index in [-0.39, 0.29) is 36.5 Å². The average Bonchev–Trinajstić information content (AvgIpc) is 3.47. The lowest BCUT2D eigenvalue weighted by Crippen LogP contribution is -2.44. The Kier molecular flexibility index (Phi) is 4.73. The molecule has 0 fully saturated rings. The molecule has 35 heavy (non-hydrogen) atoms. The fourth-order valence-corrected chi connectivity index (χ4v) is 5.21. The van der Waals surface area contributed by atoms with Crippen LogP contribution in [0, 0.1) is 0 Å². The molecule has 1 atom stereocenters. The van der Waals surface area contributed by atoms with Gasteiger partial charge in [0.25, 0.3) is 5.56 Å². The summed E-state index contributed by atoms with van der Waals surface area (Å²) in [4.78, 5) is 33.6. The second-order valence-corrected chi connectivity index (χ2v) is 8.80. The van der Waals surface area contributed by atoms with Crippen molar-refractivity contribution >= 4 is 16.9 Å². The van der Waals surface area contributed by atoms with Gasteiger partial charge in [0.15, 0.2) is 17.1 Å². The Balaban J connectivity index is 1.59. The van der Waals surface area contributed by atoms with Gasteiger partial charge in [-0.3, -0.25) is 4.79 Å². The number of hydrogen-bond donors (Lipinski definition) is 1. The number of hydrogen-bond acceptors (Lipinski definition) is 8. The summed E-state index contributed by atoms with van der Waals surface area (Å²) < 4.78 is 17.9. The third-order valence-electron chi connectivity index (χ3n) is 7.05. The molecule has 0 amide bonds. The van der Waals surface area contributed by atoms with Crippen LogP contribution in [0.25, 0.3) is 32.7 Å². The molecule has 0 spiro atoms. The van der Waals surface area contributed by atoms with Crippen molar-refractivity contribution in [1.29, 1.82) is 0 Å². The van der Waals surface area contributed by atoms with Crippen molar-refractivity contribution in [3.8, 4) is 22.9 Å². The van der Waals surface area contributed by atoms with Gasteiger partial charge in [0.2, 0.25) is 6.79 Å². The molecule has 2 aromatic heterocycles. The Hall–Kier alpha value is -4.08. The summed E-state index contributed by atoms with van der Waals surface area (Å²) in [5, 5.41) is 15.6. The third-order valence-corrected chi connectivity index (χ3v) is 7.05. The summed E-state index contributed by atoms with van der Waals surface area (Å²) >= 11 is 0. The van der Waals surface area contributed by atoms with Crippen LogP contribution in [-0.4, -0.2) is 34.0 Å². The van der Waals surface area contributed by atoms with Gasteiger partial charge in [0, 0.05) is 34.0 Å². The third kappa shape index (κ3) is 3.02. The minimum Gasteiger partial charge on any atom is -0.458 e. The highest BCUT2D eigenvalue weighted by Gasteiger charge is 2.45. The summed E-state index contributed by atoms with van der Waals surface area (Å²) in [6.07, 6.45) is 1.29. The molecule has 0 aliphatic carbocycles. The molecule has 3 aromatic rings. The minimum atomic E-state index is -1.88. The van der Waals surface area contributed by atoms with E-state index in [0.29, 0.717) is 54.3 Å². The normalized spacial score (nSPS) is 19.1. The molecule has 0 saturated heterocycles. The molecule has 1 N–H and O–H groups in total. The number of fused-ring (bicyclic) bond motifs is 6. The number of carbonyl (C=O) groups is 1. The fraction of sp³-hybridized carbons (Fsp3) is 0.375. The van der Waals surface area contributed by atoms with Gasteiger partial charge in [-0.1, -0.05) is 12.0 Å². The van der Waals surface area contributed by atoms with Crippen LogP contribution in [0.15, 0.2) is 28.1 Å². The van der Waals surface area contributed by atoms with Gasteiger partial charge < -0.3 is 23.9 Å². The number of aryl methyl sites for hydroxylation is 1. The monoisotopic (exact) mass is 475 g/mol. The number of aliphatic hydroxyl groups is 1. The van der Waals surface area contributed by atoms with Crippen LogP contribution >= 0.6 is 0 Å². The number of cyclic esters (lactones) is 1. The van der Waals surface area contributed by atoms with Gasteiger partial charge in [-0.15, -0.1) is 0 Å². The van der Waals surface area contributed by atoms with Crippen molar-refractivity contribution in [2.75, 3.05) is 13.3 Å². The first-order valence-electron chi connectivity index (χ1n) is 11.4. The highest BCUT2D eigenvalue weighted by molar-refractivity contribution is 5.91. The quantitative estimate of drug-likeness (QED) is 0.153. The van der Waals surface area contributed by atoms with E-state index >= 15 is 0 Å². The van der Waals surface area contributed by atoms with Crippen LogP contribution in [-0.2, 0) is 34.7 Å². The number of azide groups is 1. The summed E-state index contributed by atoms with van der Waals surface area (Å²) in [6, 6.07) is 5.41. The highest BCUT2D eigenvalue weighted by atomic mass is 16.7. The van der Waals surface area contributed by atoms with Gasteiger partial charge in [0.05, 0.1) is 29.0 Å². The average molecular weight is 475 g/mol. The Morgan fingerprint density at radius 1 is 1.20 bits per heavy atom. The molecular weight excluding hydrogens is 454 g/mol. The second kappa shape index (κ2) is 7.72. The SMILES string of the molecule is CC[C@@]1(O)C(=O)OCc2c1cc1n(c2=O)Cc2c-1nc1cc3c(cc1c2CCCN=[N+]=[N-])OCO3. The summed E-state index contributed by atoms with van der Waals surface area (Å²) in [6.45, 7) is 2.26. The second-order valence-electron chi connectivity index (χ2n) is 8.80. The molecule has 3 aliphatic rings. The van der Waals surface area contributed by atoms with Crippen LogP contribution in [0.4, 0.5) is 0 Å². The van der Waals surface area contributed by atoms with Crippen molar-refractivity contribution < 1.29 is 24.1 Å². The van der Waals surface area contributed by atoms with Gasteiger partial charge in [0.1, 0.15) is 6.61 Å². The van der Waals surface area contributed by atoms with E-state index in [0.717, 1.165) is 16.5 Å². The van der Waals surface area contributed by atoms with E-state index in [1.807, 2.05) is 12.1 Å². The van der Waals surface area contributed by atoms with E-state index in [1.54, 1.807) is 17.6 Å². The largest absolute Gasteiger partial charge is 0.458 e. The number of esters is 1. The zero-order valence-corrected chi connectivity index (χ0v) is 18.9. The van der Waals surface area contributed by atoms with Gasteiger partial charge >= 0.3 is 5.97 Å². The lowest BCUT2D eigenvalue weighted by molar-refractivity contribution is -0.172. The molecular formula is C24H21N5O6. The van der Waals surface area contributed by atoms with E-state index in [9.17, 15) is 14.7 Å². The zero-order valence-electron chi connectivity index (χ0n) is 18.9. The smallest absolute Gasteiger partial charge is 0.343 e. The molecule has 0 bridgehead atoms. The van der Waals surface area contributed by atoms with E-state index in [2.05, 4.69) is 10.0 Å². The number of pyridine rings is 2. The van der Waals surface area contributed by atoms with Crippen LogP contribution in [0.3, 0.4) is 0 Å². The number of nitrogens with zero attached hydrogens (tertiary/aromatic N) is 5. The highest BCUT2D eigenvalue weighted by Crippen LogP contribution is 2.43. The Bertz CT molecular complexity index is 1540. The summed E-state index contributed by atoms with van der Waals surface area (Å²) in [7, 11) is 0. The van der Waals surface area contributed by atoms with Crippen molar-refractivity contribution in [1.82, 2.24) is 9.55 Å². The van der Waals surface area contributed by atoms with Crippen molar-refractivity contribution in [3.63, 3.8) is 0 Å². The van der Waals surface area contributed by atoms with E-state index in [4.69, 9.17) is 24.7 Å². The summed E-state index contributed by atoms with van der Waals surface area (Å²) in [5.74, 6) is 0.462. The number of carbonyl (C=O) groups excluding carboxylic acids is 1. The number of rotatable bonds is 5. The van der Waals surface area contributed by atoms with Crippen molar-refractivity contribution in [3.05, 3.63) is 61.2 Å². The molecule has 6 rings (SSSR count). The maximum absolute atomic E-state index is 13.5. The maximum atomic E-state index is 13.5. The van der Waals surface area contributed by atoms with E-state index in [1.165, 1.54) is 0 Å². The number of benzene rings is 1. The molecule has 178 valence electrons. The van der Waals surface area contributed by atoms with Gasteiger partial charge in [-0.2, -0.15) is 0 Å². The van der Waals surface area contributed by atoms with E-state index < -0.39 is 11.6 Å². The van der Waals surface area contributed by atoms with Crippen LogP contribution < -0.4 is 15.0 Å². The van der Waals surface area contributed by atoms with Crippen LogP contribution in [0.2, 0.25) is 0 Å². The van der Waals surface area contributed by atoms with Gasteiger partial charge in [-0.25, -0.2) is 9.78 Å². The molecule has 0 saturated carbocycles. The molecule has 11 heteroatoms. The van der Waals surface area contributed by atoms with Crippen LogP contribution in [0.5, 0.6) is 11.5 Å². The van der Waals surface area contributed by atoms with Crippen LogP contribution in [0.1, 0.15) is 42.0 Å². The summed E-state index contributed by atoms with van der Waals surface area (Å²) in [5.41, 5.74) is 10.7. The fourth-order valence-electron chi connectivity index (χ4n) is 5.21. The van der Waals surface area contributed by atoms with Crippen molar-refractivity contribution in [2.24, 2.45) is 5.11 Å². The van der Waals surface area contributed by atoms with Gasteiger partial charge in [-0.05, 0) is 42.5 Å². The molecule has 0 unspecified atom stereocenters. The predicted octanol–water partition coefficient (Wildman–Crippen LogP) is 3.05. The Labute approximate surface area is 198 Å². The zero-order chi connectivity index (χ0) is 24.3. The van der Waals surface area contributed by atoms with Crippen molar-refractivity contribution in [2.45, 2.75) is 44.9 Å². The Morgan fingerprint density at radius 2 is 2.00 bits per heavy atom. The molecule has 11 nitrogen and oxygen atoms in total. The lowest BCUT2D eigenvalue weighted by atomic mass is 9.86. The molecule has 3 aliphatic heterocycles. The Morgan fingerprint density at radius 3 is 2.77 bits per heavy atom. The molecule has 5 heterocycles. The number of aromatic nitrogens is 2. The standard InChI is InChI=1S/C24H21N5O6/c1-2-24(32)16-7-18-21-14(9-29(18)22(30)15(16)10-33-23(24)31)12(4-3-5-26-28-25)13-6-19-20(35-11-34-19)8-17(13)27-21/h6-8,32H,2-5,9-11H2,1H3/t24-/m0/s1. The molecule has 0 radical (unpaired) electrons. The first kappa shape index (κ1) is 21.5. The minimum absolute atomic E-state index is 0.0773. The molecule has 1 aromatic carbocycles. The predicted molar refractivity (Wildman–Crippen MR) is 123 cm³/mol. The first-order chi connectivity index (χ1) is 17.0. The number of ether oxygens (including phenoxy) is 3. The topological polar surface area (TPSA) is 149 Å². The first-order valence-corrected chi connectivity index (χ1v) is 11.4.